The molecule has 17 heavy (non-hydrogen) atoms. The van der Waals surface area contributed by atoms with Crippen LogP contribution >= 0.6 is 0 Å². The van der Waals surface area contributed by atoms with Gasteiger partial charge in [0.2, 0.25) is 0 Å². The Morgan fingerprint density at radius 1 is 1.35 bits per heavy atom. The monoisotopic (exact) mass is 237 g/mol. The highest BCUT2D eigenvalue weighted by Crippen LogP contribution is 2.31. The molecule has 1 aromatic carbocycles. The third-order valence-corrected chi connectivity index (χ3v) is 3.60. The van der Waals surface area contributed by atoms with Gasteiger partial charge in [0.05, 0.1) is 6.61 Å². The number of ether oxygens (including phenoxy) is 1. The van der Waals surface area contributed by atoms with E-state index in [1.165, 1.54) is 0 Å². The number of hydrogen-bond acceptors (Lipinski definition) is 2. The molecule has 1 aliphatic heterocycles. The van der Waals surface area contributed by atoms with Gasteiger partial charge in [-0.2, -0.15) is 0 Å². The molecule has 0 aliphatic carbocycles. The first-order chi connectivity index (χ1) is 8.09. The van der Waals surface area contributed by atoms with Crippen molar-refractivity contribution < 1.29 is 9.13 Å². The average Bonchev–Trinajstić information content (AvgIpc) is 2.28. The van der Waals surface area contributed by atoms with Crippen molar-refractivity contribution in [1.29, 1.82) is 0 Å². The largest absolute Gasteiger partial charge is 0.381 e. The molecule has 1 heterocycles. The molecule has 1 fully saturated rings. The van der Waals surface area contributed by atoms with Gasteiger partial charge in [0.25, 0.3) is 0 Å². The summed E-state index contributed by atoms with van der Waals surface area (Å²) in [5.41, 5.74) is 9.29. The van der Waals surface area contributed by atoms with E-state index < -0.39 is 0 Å². The first-order valence-electron chi connectivity index (χ1n) is 6.19. The van der Waals surface area contributed by atoms with Gasteiger partial charge < -0.3 is 10.5 Å². The Kier molecular flexibility index (Phi) is 3.79. The molecule has 0 amide bonds. The summed E-state index contributed by atoms with van der Waals surface area (Å²) >= 11 is 0. The van der Waals surface area contributed by atoms with E-state index in [-0.39, 0.29) is 11.9 Å². The molecule has 1 aliphatic rings. The van der Waals surface area contributed by atoms with Crippen LogP contribution in [-0.4, -0.2) is 13.2 Å². The Hall–Kier alpha value is -0.930. The van der Waals surface area contributed by atoms with Crippen LogP contribution in [0.2, 0.25) is 0 Å². The fourth-order valence-corrected chi connectivity index (χ4v) is 2.73. The van der Waals surface area contributed by atoms with Gasteiger partial charge in [0, 0.05) is 18.6 Å². The Bertz CT molecular complexity index is 376. The molecule has 2 nitrogen and oxygen atoms in total. The zero-order valence-corrected chi connectivity index (χ0v) is 10.5. The Balaban J connectivity index is 2.26. The van der Waals surface area contributed by atoms with Crippen LogP contribution in [0.3, 0.4) is 0 Å². The topological polar surface area (TPSA) is 35.2 Å². The first-order valence-corrected chi connectivity index (χ1v) is 6.19. The molecule has 94 valence electrons. The van der Waals surface area contributed by atoms with Gasteiger partial charge in [-0.1, -0.05) is 0 Å². The lowest BCUT2D eigenvalue weighted by atomic mass is 9.85. The maximum Gasteiger partial charge on any atom is 0.123 e. The van der Waals surface area contributed by atoms with Crippen LogP contribution in [-0.2, 0) is 4.74 Å². The minimum atomic E-state index is -0.184. The average molecular weight is 237 g/mol. The van der Waals surface area contributed by atoms with Crippen LogP contribution in [0.4, 0.5) is 4.39 Å². The van der Waals surface area contributed by atoms with E-state index in [1.54, 1.807) is 12.1 Å². The van der Waals surface area contributed by atoms with Crippen LogP contribution in [0.5, 0.6) is 0 Å². The lowest BCUT2D eigenvalue weighted by Crippen LogP contribution is -2.30. The van der Waals surface area contributed by atoms with E-state index in [4.69, 9.17) is 10.5 Å². The van der Waals surface area contributed by atoms with Gasteiger partial charge in [-0.15, -0.1) is 0 Å². The number of halogens is 1. The zero-order chi connectivity index (χ0) is 12.4. The first kappa shape index (κ1) is 12.5. The molecule has 0 radical (unpaired) electrons. The SMILES string of the molecule is Cc1cc(F)cc(C)c1C(N)C1CCCOC1. The molecule has 0 saturated carbocycles. The van der Waals surface area contributed by atoms with E-state index in [9.17, 15) is 4.39 Å². The van der Waals surface area contributed by atoms with E-state index in [0.29, 0.717) is 5.92 Å². The van der Waals surface area contributed by atoms with Gasteiger partial charge in [-0.05, 0) is 55.5 Å². The highest BCUT2D eigenvalue weighted by Gasteiger charge is 2.25. The number of benzene rings is 1. The quantitative estimate of drug-likeness (QED) is 0.858. The summed E-state index contributed by atoms with van der Waals surface area (Å²) in [4.78, 5) is 0. The number of rotatable bonds is 2. The highest BCUT2D eigenvalue weighted by atomic mass is 19.1. The summed E-state index contributed by atoms with van der Waals surface area (Å²) in [7, 11) is 0. The molecule has 2 atom stereocenters. The molecule has 2 rings (SSSR count). The van der Waals surface area contributed by atoms with Crippen LogP contribution < -0.4 is 5.73 Å². The highest BCUT2D eigenvalue weighted by molar-refractivity contribution is 5.37. The van der Waals surface area contributed by atoms with Crippen molar-refractivity contribution in [2.75, 3.05) is 13.2 Å². The maximum absolute atomic E-state index is 13.2. The van der Waals surface area contributed by atoms with E-state index in [2.05, 4.69) is 0 Å². The van der Waals surface area contributed by atoms with Crippen molar-refractivity contribution >= 4 is 0 Å². The molecular weight excluding hydrogens is 217 g/mol. The lowest BCUT2D eigenvalue weighted by Gasteiger charge is -2.29. The van der Waals surface area contributed by atoms with E-state index in [1.807, 2.05) is 13.8 Å². The van der Waals surface area contributed by atoms with Gasteiger partial charge >= 0.3 is 0 Å². The fourth-order valence-electron chi connectivity index (χ4n) is 2.73. The van der Waals surface area contributed by atoms with Gasteiger partial charge in [0.1, 0.15) is 5.82 Å². The molecule has 1 saturated heterocycles. The van der Waals surface area contributed by atoms with Crippen LogP contribution in [0, 0.1) is 25.6 Å². The van der Waals surface area contributed by atoms with Crippen molar-refractivity contribution in [2.24, 2.45) is 11.7 Å². The molecule has 2 N–H and O–H groups in total. The third kappa shape index (κ3) is 2.67. The summed E-state index contributed by atoms with van der Waals surface area (Å²) in [6.45, 7) is 5.41. The third-order valence-electron chi connectivity index (χ3n) is 3.60. The predicted octanol–water partition coefficient (Wildman–Crippen LogP) is 2.87. The number of hydrogen-bond donors (Lipinski definition) is 1. The molecule has 3 heteroatoms. The molecule has 0 aromatic heterocycles. The van der Waals surface area contributed by atoms with Crippen molar-refractivity contribution in [1.82, 2.24) is 0 Å². The Morgan fingerprint density at radius 2 is 2.00 bits per heavy atom. The fraction of sp³-hybridized carbons (Fsp3) is 0.571. The summed E-state index contributed by atoms with van der Waals surface area (Å²) in [6, 6.07) is 3.08. The maximum atomic E-state index is 13.2. The van der Waals surface area contributed by atoms with Gasteiger partial charge in [-0.3, -0.25) is 0 Å². The summed E-state index contributed by atoms with van der Waals surface area (Å²) in [5.74, 6) is 0.169. The zero-order valence-electron chi connectivity index (χ0n) is 10.5. The minimum Gasteiger partial charge on any atom is -0.381 e. The molecule has 0 spiro atoms. The molecule has 1 aromatic rings. The summed E-state index contributed by atoms with van der Waals surface area (Å²) in [5, 5.41) is 0. The molecule has 2 unspecified atom stereocenters. The Labute approximate surface area is 102 Å². The van der Waals surface area contributed by atoms with Crippen molar-refractivity contribution in [3.63, 3.8) is 0 Å². The lowest BCUT2D eigenvalue weighted by molar-refractivity contribution is 0.0446. The number of aryl methyl sites for hydroxylation is 2. The molecule has 0 bridgehead atoms. The summed E-state index contributed by atoms with van der Waals surface area (Å²) in [6.07, 6.45) is 2.16. The smallest absolute Gasteiger partial charge is 0.123 e. The normalized spacial score (nSPS) is 22.5. The minimum absolute atomic E-state index is 0.0455. The van der Waals surface area contributed by atoms with Crippen LogP contribution in [0.15, 0.2) is 12.1 Å². The predicted molar refractivity (Wildman–Crippen MR) is 66.3 cm³/mol. The second kappa shape index (κ2) is 5.15. The Morgan fingerprint density at radius 3 is 2.53 bits per heavy atom. The van der Waals surface area contributed by atoms with E-state index in [0.717, 1.165) is 42.7 Å². The van der Waals surface area contributed by atoms with Gasteiger partial charge in [0.15, 0.2) is 0 Å². The van der Waals surface area contributed by atoms with Gasteiger partial charge in [-0.25, -0.2) is 4.39 Å². The second-order valence-electron chi connectivity index (χ2n) is 4.96. The number of nitrogens with two attached hydrogens (primary N) is 1. The second-order valence-corrected chi connectivity index (χ2v) is 4.96. The van der Waals surface area contributed by atoms with E-state index >= 15 is 0 Å². The van der Waals surface area contributed by atoms with Crippen molar-refractivity contribution in [3.8, 4) is 0 Å². The standard InChI is InChI=1S/C14H20FNO/c1-9-6-12(15)7-10(2)13(9)14(16)11-4-3-5-17-8-11/h6-7,11,14H,3-5,8,16H2,1-2H3. The molecular formula is C14H20FNO. The van der Waals surface area contributed by atoms with Crippen molar-refractivity contribution in [3.05, 3.63) is 34.6 Å². The van der Waals surface area contributed by atoms with Crippen LogP contribution in [0.25, 0.3) is 0 Å². The van der Waals surface area contributed by atoms with Crippen LogP contribution in [0.1, 0.15) is 35.6 Å². The van der Waals surface area contributed by atoms with Crippen molar-refractivity contribution in [2.45, 2.75) is 32.7 Å². The summed E-state index contributed by atoms with van der Waals surface area (Å²) < 4.78 is 18.7.